The number of Topliss-reactive ketones (excluding diaryl/α,β-unsaturated/α-hetero) is 2. The van der Waals surface area contributed by atoms with Crippen LogP contribution >= 0.6 is 15.9 Å². The highest BCUT2D eigenvalue weighted by Crippen LogP contribution is 2.67. The van der Waals surface area contributed by atoms with E-state index in [9.17, 15) is 14.7 Å². The zero-order chi connectivity index (χ0) is 18.2. The Kier molecular flexibility index (Phi) is 3.72. The van der Waals surface area contributed by atoms with Crippen LogP contribution in [0.4, 0.5) is 0 Å². The smallest absolute Gasteiger partial charge is 0.197 e. The van der Waals surface area contributed by atoms with E-state index in [1.54, 1.807) is 0 Å². The summed E-state index contributed by atoms with van der Waals surface area (Å²) in [5, 5.41) is 11.8. The lowest BCUT2D eigenvalue weighted by atomic mass is 9.52. The molecule has 3 aliphatic rings. The van der Waals surface area contributed by atoms with Crippen LogP contribution in [0.15, 0.2) is 33.4 Å². The zero-order valence-electron chi connectivity index (χ0n) is 15.0. The quantitative estimate of drug-likeness (QED) is 0.678. The summed E-state index contributed by atoms with van der Waals surface area (Å²) in [4.78, 5) is 26.3. The molecule has 0 bridgehead atoms. The number of aliphatic hydroxyl groups is 1. The molecule has 0 spiro atoms. The molecule has 1 unspecified atom stereocenters. The van der Waals surface area contributed by atoms with Gasteiger partial charge < -0.3 is 5.11 Å². The molecule has 1 fully saturated rings. The highest BCUT2D eigenvalue weighted by molar-refractivity contribution is 9.12. The normalized spacial score (nSPS) is 35.8. The van der Waals surface area contributed by atoms with E-state index in [1.807, 2.05) is 34.6 Å². The van der Waals surface area contributed by atoms with Gasteiger partial charge in [-0.3, -0.25) is 9.59 Å². The van der Waals surface area contributed by atoms with Crippen molar-refractivity contribution in [3.8, 4) is 0 Å². The third-order valence-corrected chi connectivity index (χ3v) is 7.30. The summed E-state index contributed by atoms with van der Waals surface area (Å²) in [5.74, 6) is -0.391. The summed E-state index contributed by atoms with van der Waals surface area (Å²) >= 11 is 3.37. The Morgan fingerprint density at radius 1 is 1.12 bits per heavy atom. The molecule has 0 aromatic heterocycles. The maximum Gasteiger partial charge on any atom is 0.197 e. The Hall–Kier alpha value is -1.00. The van der Waals surface area contributed by atoms with Gasteiger partial charge in [0.15, 0.2) is 11.6 Å². The topological polar surface area (TPSA) is 54.4 Å². The number of fused-ring (bicyclic) bond motifs is 2. The average Bonchev–Trinajstić information content (AvgIpc) is 2.64. The van der Waals surface area contributed by atoms with E-state index in [0.29, 0.717) is 33.2 Å². The molecule has 0 saturated heterocycles. The number of hydrogen-bond acceptors (Lipinski definition) is 3. The number of rotatable bonds is 1. The van der Waals surface area contributed by atoms with Crippen LogP contribution < -0.4 is 0 Å². The molecule has 3 aliphatic carbocycles. The Bertz CT molecular complexity index is 753. The molecule has 0 amide bonds. The SMILES string of the molecule is C=C1C2=C(C(=O)C(Br)=C(C(C)C)C2=O)[C@@]2(C)CCCC(C)(C)C12O. The van der Waals surface area contributed by atoms with Gasteiger partial charge in [-0.05, 0) is 45.7 Å². The van der Waals surface area contributed by atoms with Crippen molar-refractivity contribution in [1.82, 2.24) is 0 Å². The molecule has 3 rings (SSSR count). The summed E-state index contributed by atoms with van der Waals surface area (Å²) < 4.78 is 0.350. The predicted molar refractivity (Wildman–Crippen MR) is 97.7 cm³/mol. The van der Waals surface area contributed by atoms with Gasteiger partial charge in [0.1, 0.15) is 5.60 Å². The van der Waals surface area contributed by atoms with Gasteiger partial charge in [-0.15, -0.1) is 0 Å². The lowest BCUT2D eigenvalue weighted by Crippen LogP contribution is -2.58. The van der Waals surface area contributed by atoms with Gasteiger partial charge in [-0.25, -0.2) is 0 Å². The number of halogens is 1. The first-order chi connectivity index (χ1) is 10.9. The molecular formula is C20H25BrO3. The molecule has 130 valence electrons. The van der Waals surface area contributed by atoms with Gasteiger partial charge in [-0.1, -0.05) is 47.6 Å². The molecule has 0 radical (unpaired) electrons. The number of carbonyl (C=O) groups excluding carboxylic acids is 2. The van der Waals surface area contributed by atoms with Crippen molar-refractivity contribution in [2.24, 2.45) is 16.7 Å². The summed E-state index contributed by atoms with van der Waals surface area (Å²) in [7, 11) is 0. The summed E-state index contributed by atoms with van der Waals surface area (Å²) in [6, 6.07) is 0. The lowest BCUT2D eigenvalue weighted by molar-refractivity contribution is -0.137. The molecule has 24 heavy (non-hydrogen) atoms. The number of allylic oxidation sites excluding steroid dienone is 2. The maximum atomic E-state index is 13.2. The van der Waals surface area contributed by atoms with Gasteiger partial charge in [0, 0.05) is 22.1 Å². The van der Waals surface area contributed by atoms with Crippen molar-refractivity contribution >= 4 is 27.5 Å². The maximum absolute atomic E-state index is 13.2. The Labute approximate surface area is 152 Å². The van der Waals surface area contributed by atoms with Crippen LogP contribution in [0.2, 0.25) is 0 Å². The van der Waals surface area contributed by atoms with Crippen molar-refractivity contribution in [3.63, 3.8) is 0 Å². The molecule has 1 saturated carbocycles. The minimum atomic E-state index is -1.27. The monoisotopic (exact) mass is 392 g/mol. The molecule has 2 atom stereocenters. The fourth-order valence-corrected chi connectivity index (χ4v) is 6.08. The first-order valence-electron chi connectivity index (χ1n) is 8.57. The zero-order valence-corrected chi connectivity index (χ0v) is 16.6. The molecule has 0 heterocycles. The number of carbonyl (C=O) groups is 2. The first kappa shape index (κ1) is 17.8. The fraction of sp³-hybridized carbons (Fsp3) is 0.600. The summed E-state index contributed by atoms with van der Waals surface area (Å²) in [6.07, 6.45) is 2.43. The van der Waals surface area contributed by atoms with E-state index in [2.05, 4.69) is 22.5 Å². The Morgan fingerprint density at radius 3 is 2.25 bits per heavy atom. The van der Waals surface area contributed by atoms with Crippen LogP contribution in [0, 0.1) is 16.7 Å². The molecular weight excluding hydrogens is 368 g/mol. The van der Waals surface area contributed by atoms with Gasteiger partial charge in [0.05, 0.1) is 4.48 Å². The summed E-state index contributed by atoms with van der Waals surface area (Å²) in [5.41, 5.74) is -0.733. The minimum Gasteiger partial charge on any atom is -0.384 e. The van der Waals surface area contributed by atoms with Gasteiger partial charge in [0.2, 0.25) is 0 Å². The van der Waals surface area contributed by atoms with Crippen molar-refractivity contribution in [2.45, 2.75) is 59.5 Å². The molecule has 0 aromatic rings. The second-order valence-corrected chi connectivity index (χ2v) is 9.34. The third kappa shape index (κ3) is 1.76. The predicted octanol–water partition coefficient (Wildman–Crippen LogP) is 4.26. The molecule has 3 nitrogen and oxygen atoms in total. The van der Waals surface area contributed by atoms with Crippen LogP contribution in [-0.2, 0) is 9.59 Å². The van der Waals surface area contributed by atoms with Crippen LogP contribution in [0.1, 0.15) is 53.9 Å². The number of hydrogen-bond donors (Lipinski definition) is 1. The third-order valence-electron chi connectivity index (χ3n) is 6.51. The van der Waals surface area contributed by atoms with Crippen molar-refractivity contribution in [1.29, 1.82) is 0 Å². The highest BCUT2D eigenvalue weighted by Gasteiger charge is 2.68. The molecule has 4 heteroatoms. The molecule has 0 aliphatic heterocycles. The van der Waals surface area contributed by atoms with Crippen LogP contribution in [0.5, 0.6) is 0 Å². The van der Waals surface area contributed by atoms with E-state index >= 15 is 0 Å². The first-order valence-corrected chi connectivity index (χ1v) is 9.37. The van der Waals surface area contributed by atoms with E-state index in [-0.39, 0.29) is 17.5 Å². The Balaban J connectivity index is 2.30. The molecule has 0 aromatic carbocycles. The second kappa shape index (κ2) is 5.01. The fourth-order valence-electron chi connectivity index (χ4n) is 5.24. The average molecular weight is 393 g/mol. The summed E-state index contributed by atoms with van der Waals surface area (Å²) in [6.45, 7) is 13.9. The largest absolute Gasteiger partial charge is 0.384 e. The number of ketones is 2. The van der Waals surface area contributed by atoms with E-state index in [1.165, 1.54) is 0 Å². The highest BCUT2D eigenvalue weighted by atomic mass is 79.9. The minimum absolute atomic E-state index is 0.0734. The van der Waals surface area contributed by atoms with Gasteiger partial charge in [-0.2, -0.15) is 0 Å². The van der Waals surface area contributed by atoms with Crippen LogP contribution in [-0.4, -0.2) is 22.3 Å². The van der Waals surface area contributed by atoms with Gasteiger partial charge >= 0.3 is 0 Å². The lowest BCUT2D eigenvalue weighted by Gasteiger charge is -2.55. The standard InChI is InChI=1S/C20H25BrO3/c1-10(2)12-15(21)17(23)14-13(16(12)22)11(3)20(24)18(4,5)8-7-9-19(14,20)6/h10,24H,3,7-9H2,1-2,4-6H3/t19-,20?/m1/s1. The van der Waals surface area contributed by atoms with Crippen molar-refractivity contribution < 1.29 is 14.7 Å². The Morgan fingerprint density at radius 2 is 1.71 bits per heavy atom. The van der Waals surface area contributed by atoms with E-state index in [4.69, 9.17) is 0 Å². The van der Waals surface area contributed by atoms with Crippen LogP contribution in [0.3, 0.4) is 0 Å². The van der Waals surface area contributed by atoms with Crippen molar-refractivity contribution in [2.75, 3.05) is 0 Å². The molecule has 1 N–H and O–H groups in total. The van der Waals surface area contributed by atoms with Gasteiger partial charge in [0.25, 0.3) is 0 Å². The van der Waals surface area contributed by atoms with E-state index in [0.717, 1.165) is 12.8 Å². The second-order valence-electron chi connectivity index (χ2n) is 8.55. The van der Waals surface area contributed by atoms with Crippen LogP contribution in [0.25, 0.3) is 0 Å². The van der Waals surface area contributed by atoms with Crippen molar-refractivity contribution in [3.05, 3.63) is 33.4 Å². The van der Waals surface area contributed by atoms with E-state index < -0.39 is 16.4 Å².